The first kappa shape index (κ1) is 14.6. The summed E-state index contributed by atoms with van der Waals surface area (Å²) in [4.78, 5) is 11.2. The Balaban J connectivity index is 2.83. The number of carbonyl (C=O) groups is 1. The summed E-state index contributed by atoms with van der Waals surface area (Å²) < 4.78 is 19.7. The van der Waals surface area contributed by atoms with Crippen molar-refractivity contribution in [3.63, 3.8) is 0 Å². The highest BCUT2D eigenvalue weighted by Gasteiger charge is 2.50. The molecule has 0 aliphatic carbocycles. The normalized spacial score (nSPS) is 22.6. The van der Waals surface area contributed by atoms with E-state index in [0.29, 0.717) is 19.6 Å². The van der Waals surface area contributed by atoms with Crippen molar-refractivity contribution in [2.24, 2.45) is 5.92 Å². The number of carboxylic acid groups (broad SMARTS) is 1. The molecule has 5 nitrogen and oxygen atoms in total. The number of nitrogens with one attached hydrogen (secondary N) is 1. The van der Waals surface area contributed by atoms with Gasteiger partial charge in [0.1, 0.15) is 0 Å². The van der Waals surface area contributed by atoms with Gasteiger partial charge in [-0.15, -0.1) is 0 Å². The summed E-state index contributed by atoms with van der Waals surface area (Å²) in [5, 5.41) is 9.20. The van der Waals surface area contributed by atoms with Gasteiger partial charge in [-0.25, -0.2) is 8.93 Å². The minimum absolute atomic E-state index is 0.305. The number of rotatable bonds is 5. The molecule has 6 heteroatoms. The molecule has 100 valence electrons. The Labute approximate surface area is 105 Å². The Hall–Kier alpha value is -0.460. The summed E-state index contributed by atoms with van der Waals surface area (Å²) in [6.45, 7) is 7.99. The third-order valence-corrected chi connectivity index (χ3v) is 4.65. The maximum atomic E-state index is 12.1. The smallest absolute Gasteiger partial charge is 0.308 e. The Kier molecular flexibility index (Phi) is 4.33. The highest BCUT2D eigenvalue weighted by molar-refractivity contribution is 7.84. The van der Waals surface area contributed by atoms with Gasteiger partial charge in [-0.2, -0.15) is 0 Å². The van der Waals surface area contributed by atoms with Gasteiger partial charge in [0.15, 0.2) is 0 Å². The first-order chi connectivity index (χ1) is 7.73. The number of hydrogen-bond acceptors (Lipinski definition) is 3. The Morgan fingerprint density at radius 2 is 2.06 bits per heavy atom. The van der Waals surface area contributed by atoms with E-state index in [0.717, 1.165) is 0 Å². The van der Waals surface area contributed by atoms with E-state index in [1.54, 1.807) is 0 Å². The zero-order valence-corrected chi connectivity index (χ0v) is 11.6. The maximum Gasteiger partial charge on any atom is 0.308 e. The van der Waals surface area contributed by atoms with Crippen molar-refractivity contribution in [1.29, 1.82) is 0 Å². The zero-order valence-electron chi connectivity index (χ0n) is 10.8. The lowest BCUT2D eigenvalue weighted by atomic mass is 9.81. The van der Waals surface area contributed by atoms with Crippen LogP contribution >= 0.6 is 0 Å². The van der Waals surface area contributed by atoms with E-state index >= 15 is 0 Å². The van der Waals surface area contributed by atoms with Crippen molar-refractivity contribution in [1.82, 2.24) is 4.72 Å². The Morgan fingerprint density at radius 3 is 2.29 bits per heavy atom. The lowest BCUT2D eigenvalue weighted by molar-refractivity contribution is -0.157. The first-order valence-corrected chi connectivity index (χ1v) is 6.88. The quantitative estimate of drug-likeness (QED) is 0.773. The first-order valence-electron chi connectivity index (χ1n) is 5.73. The molecule has 2 N–H and O–H groups in total. The molecule has 0 radical (unpaired) electrons. The van der Waals surface area contributed by atoms with Crippen LogP contribution in [0.25, 0.3) is 0 Å². The summed E-state index contributed by atoms with van der Waals surface area (Å²) in [6.07, 6.45) is 0.493. The predicted molar refractivity (Wildman–Crippen MR) is 66.0 cm³/mol. The molecule has 1 fully saturated rings. The molecule has 0 aromatic carbocycles. The van der Waals surface area contributed by atoms with Gasteiger partial charge in [0, 0.05) is 0 Å². The second kappa shape index (κ2) is 5.04. The average Bonchev–Trinajstić information content (AvgIpc) is 2.12. The molecule has 0 aromatic rings. The number of hydrogen-bond donors (Lipinski definition) is 2. The molecular formula is C11H21NO4S. The molecule has 1 rings (SSSR count). The molecule has 1 saturated heterocycles. The SMILES string of the molecule is CC[C@@H](C(=O)O)C1(N[S@@](=O)C(C)(C)C)COC1. The van der Waals surface area contributed by atoms with Gasteiger partial charge in [-0.05, 0) is 27.2 Å². The van der Waals surface area contributed by atoms with E-state index in [2.05, 4.69) is 4.72 Å². The van der Waals surface area contributed by atoms with Gasteiger partial charge in [0.25, 0.3) is 0 Å². The van der Waals surface area contributed by atoms with E-state index in [9.17, 15) is 14.1 Å². The topological polar surface area (TPSA) is 75.6 Å². The predicted octanol–water partition coefficient (Wildman–Crippen LogP) is 0.918. The van der Waals surface area contributed by atoms with Crippen LogP contribution in [0.3, 0.4) is 0 Å². The van der Waals surface area contributed by atoms with E-state index in [4.69, 9.17) is 4.74 Å². The fourth-order valence-corrected chi connectivity index (χ4v) is 2.73. The van der Waals surface area contributed by atoms with Gasteiger partial charge in [-0.3, -0.25) is 4.79 Å². The summed E-state index contributed by atoms with van der Waals surface area (Å²) in [5.74, 6) is -1.43. The highest BCUT2D eigenvalue weighted by atomic mass is 32.2. The molecule has 0 aromatic heterocycles. The molecule has 0 saturated carbocycles. The van der Waals surface area contributed by atoms with Crippen molar-refractivity contribution in [3.8, 4) is 0 Å². The molecule has 2 atom stereocenters. The molecule has 1 aliphatic heterocycles. The maximum absolute atomic E-state index is 12.1. The van der Waals surface area contributed by atoms with Crippen LogP contribution in [0.15, 0.2) is 0 Å². The molecule has 17 heavy (non-hydrogen) atoms. The van der Waals surface area contributed by atoms with Crippen LogP contribution in [0, 0.1) is 5.92 Å². The van der Waals surface area contributed by atoms with Gasteiger partial charge in [0.2, 0.25) is 0 Å². The lowest BCUT2D eigenvalue weighted by Crippen LogP contribution is -2.68. The molecule has 0 unspecified atom stereocenters. The Bertz CT molecular complexity index is 320. The number of aliphatic carboxylic acids is 1. The van der Waals surface area contributed by atoms with Crippen LogP contribution in [0.1, 0.15) is 34.1 Å². The second-order valence-corrected chi connectivity index (χ2v) is 7.40. The van der Waals surface area contributed by atoms with Crippen molar-refractivity contribution in [3.05, 3.63) is 0 Å². The van der Waals surface area contributed by atoms with Crippen molar-refractivity contribution < 1.29 is 18.8 Å². The third-order valence-electron chi connectivity index (χ3n) is 2.94. The van der Waals surface area contributed by atoms with Crippen LogP contribution < -0.4 is 4.72 Å². The van der Waals surface area contributed by atoms with Crippen LogP contribution in [0.5, 0.6) is 0 Å². The zero-order chi connectivity index (χ0) is 13.3. The third kappa shape index (κ3) is 3.05. The van der Waals surface area contributed by atoms with Gasteiger partial charge >= 0.3 is 5.97 Å². The van der Waals surface area contributed by atoms with E-state index in [1.165, 1.54) is 0 Å². The second-order valence-electron chi connectivity index (χ2n) is 5.43. The molecular weight excluding hydrogens is 242 g/mol. The van der Waals surface area contributed by atoms with Crippen molar-refractivity contribution in [2.75, 3.05) is 13.2 Å². The molecule has 1 heterocycles. The Morgan fingerprint density at radius 1 is 1.53 bits per heavy atom. The molecule has 1 aliphatic rings. The van der Waals surface area contributed by atoms with E-state index < -0.39 is 33.2 Å². The van der Waals surface area contributed by atoms with E-state index in [-0.39, 0.29) is 0 Å². The highest BCUT2D eigenvalue weighted by Crippen LogP contribution is 2.31. The van der Waals surface area contributed by atoms with Crippen LogP contribution in [0.4, 0.5) is 0 Å². The van der Waals surface area contributed by atoms with E-state index in [1.807, 2.05) is 27.7 Å². The van der Waals surface area contributed by atoms with Crippen molar-refractivity contribution >= 4 is 17.0 Å². The molecule has 0 bridgehead atoms. The van der Waals surface area contributed by atoms with Crippen molar-refractivity contribution in [2.45, 2.75) is 44.4 Å². The van der Waals surface area contributed by atoms with Crippen LogP contribution in [-0.4, -0.2) is 38.8 Å². The number of ether oxygens (including phenoxy) is 1. The standard InChI is InChI=1S/C11H21NO4S/c1-5-8(9(13)14)11(6-16-7-11)12-17(15)10(2,3)4/h8,12H,5-7H2,1-4H3,(H,13,14)/t8-,17-/m0/s1. The largest absolute Gasteiger partial charge is 0.481 e. The summed E-state index contributed by atoms with van der Waals surface area (Å²) in [6, 6.07) is 0. The van der Waals surface area contributed by atoms with Crippen LogP contribution in [0.2, 0.25) is 0 Å². The summed E-state index contributed by atoms with van der Waals surface area (Å²) in [7, 11) is -1.29. The number of carboxylic acids is 1. The van der Waals surface area contributed by atoms with Gasteiger partial charge in [-0.1, -0.05) is 6.92 Å². The fourth-order valence-electron chi connectivity index (χ4n) is 1.79. The fraction of sp³-hybridized carbons (Fsp3) is 0.909. The van der Waals surface area contributed by atoms with Gasteiger partial charge in [0.05, 0.1) is 40.4 Å². The lowest BCUT2D eigenvalue weighted by Gasteiger charge is -2.46. The monoisotopic (exact) mass is 263 g/mol. The summed E-state index contributed by atoms with van der Waals surface area (Å²) in [5.41, 5.74) is -0.682. The minimum atomic E-state index is -1.29. The minimum Gasteiger partial charge on any atom is -0.481 e. The summed E-state index contributed by atoms with van der Waals surface area (Å²) >= 11 is 0. The van der Waals surface area contributed by atoms with Gasteiger partial charge < -0.3 is 9.84 Å². The van der Waals surface area contributed by atoms with Crippen LogP contribution in [-0.2, 0) is 20.5 Å². The molecule has 0 spiro atoms. The average molecular weight is 263 g/mol. The molecule has 0 amide bonds.